The molecule has 11 heteroatoms. The van der Waals surface area contributed by atoms with Crippen LogP contribution in [0.25, 0.3) is 10.8 Å². The summed E-state index contributed by atoms with van der Waals surface area (Å²) in [7, 11) is 0. The van der Waals surface area contributed by atoms with Gasteiger partial charge in [-0.1, -0.05) is 81.5 Å². The van der Waals surface area contributed by atoms with E-state index in [2.05, 4.69) is 21.2 Å². The van der Waals surface area contributed by atoms with E-state index in [-0.39, 0.29) is 23.0 Å². The molecule has 214 valence electrons. The van der Waals surface area contributed by atoms with Crippen LogP contribution in [0.1, 0.15) is 16.4 Å². The van der Waals surface area contributed by atoms with Crippen molar-refractivity contribution in [2.75, 3.05) is 10.2 Å². The number of anilines is 2. The van der Waals surface area contributed by atoms with Gasteiger partial charge in [-0.05, 0) is 64.9 Å². The topological polar surface area (TPSA) is 88.5 Å². The average Bonchev–Trinajstić information content (AvgIpc) is 3.43. The standard InChI is InChI=1S/C32H21BrFN3O4S2/c33-20-7-3-6-19(14-20)25-26-27(30(40)37(29(26)39)23-12-9-21(34)10-13-23)42-31-28(25)43-32(41)36(31)16-24(38)35-22-11-8-17-4-1-2-5-18(17)15-22/h1-15,25-27H,16H2,(H,35,38). The van der Waals surface area contributed by atoms with Crippen LogP contribution >= 0.6 is 39.0 Å². The first-order chi connectivity index (χ1) is 20.8. The monoisotopic (exact) mass is 673 g/mol. The number of benzene rings is 4. The predicted octanol–water partition coefficient (Wildman–Crippen LogP) is 6.40. The zero-order chi connectivity index (χ0) is 29.8. The minimum Gasteiger partial charge on any atom is -0.325 e. The van der Waals surface area contributed by atoms with Crippen LogP contribution in [0, 0.1) is 11.7 Å². The summed E-state index contributed by atoms with van der Waals surface area (Å²) in [5, 5.41) is 4.56. The number of hydrogen-bond acceptors (Lipinski definition) is 6. The maximum Gasteiger partial charge on any atom is 0.308 e. The fourth-order valence-electron chi connectivity index (χ4n) is 5.77. The van der Waals surface area contributed by atoms with Gasteiger partial charge < -0.3 is 5.32 Å². The summed E-state index contributed by atoms with van der Waals surface area (Å²) in [6, 6.07) is 26.1. The number of hydrogen-bond donors (Lipinski definition) is 1. The van der Waals surface area contributed by atoms with Gasteiger partial charge in [0.25, 0.3) is 0 Å². The van der Waals surface area contributed by atoms with Crippen molar-refractivity contribution in [3.8, 4) is 0 Å². The van der Waals surface area contributed by atoms with Gasteiger partial charge in [-0.25, -0.2) is 9.29 Å². The van der Waals surface area contributed by atoms with E-state index in [1.807, 2.05) is 66.7 Å². The third-order valence-electron chi connectivity index (χ3n) is 7.68. The maximum atomic E-state index is 13.9. The Bertz CT molecular complexity index is 2010. The Kier molecular flexibility index (Phi) is 7.03. The first-order valence-corrected chi connectivity index (χ1v) is 15.8. The van der Waals surface area contributed by atoms with Crippen LogP contribution in [0.3, 0.4) is 0 Å². The molecule has 3 atom stereocenters. The molecule has 0 radical (unpaired) electrons. The molecule has 4 aromatic carbocycles. The third-order valence-corrected chi connectivity index (χ3v) is 10.8. The van der Waals surface area contributed by atoms with E-state index in [0.29, 0.717) is 15.6 Å². The van der Waals surface area contributed by atoms with E-state index in [0.717, 1.165) is 48.8 Å². The van der Waals surface area contributed by atoms with Crippen molar-refractivity contribution in [1.29, 1.82) is 0 Å². The Hall–Kier alpha value is -4.06. The van der Waals surface area contributed by atoms with Gasteiger partial charge in [0.05, 0.1) is 16.6 Å². The van der Waals surface area contributed by atoms with Crippen molar-refractivity contribution in [2.45, 2.75) is 22.7 Å². The molecule has 0 saturated carbocycles. The number of amides is 3. The van der Waals surface area contributed by atoms with Gasteiger partial charge in [-0.2, -0.15) is 0 Å². The number of thiazole rings is 1. The molecule has 0 bridgehead atoms. The van der Waals surface area contributed by atoms with Crippen LogP contribution in [0.5, 0.6) is 0 Å². The first kappa shape index (κ1) is 27.8. The molecule has 0 spiro atoms. The summed E-state index contributed by atoms with van der Waals surface area (Å²) in [4.78, 5) is 55.7. The van der Waals surface area contributed by atoms with Gasteiger partial charge in [0.15, 0.2) is 0 Å². The van der Waals surface area contributed by atoms with Gasteiger partial charge in [0, 0.05) is 21.0 Å². The average molecular weight is 675 g/mol. The van der Waals surface area contributed by atoms with E-state index in [9.17, 15) is 23.6 Å². The highest BCUT2D eigenvalue weighted by atomic mass is 79.9. The number of imide groups is 1. The molecule has 2 aliphatic heterocycles. The second-order valence-electron chi connectivity index (χ2n) is 10.3. The largest absolute Gasteiger partial charge is 0.325 e. The summed E-state index contributed by atoms with van der Waals surface area (Å²) in [5.74, 6) is -3.10. The SMILES string of the molecule is O=C(Cn1c2c(sc1=O)C(c1cccc(Br)c1)C1C(=O)N(c3ccc(F)cc3)C(=O)C1S2)Nc1ccc2ccccc2c1. The molecule has 1 fully saturated rings. The number of fused-ring (bicyclic) bond motifs is 3. The molecule has 1 N–H and O–H groups in total. The Morgan fingerprint density at radius 1 is 0.884 bits per heavy atom. The minimum absolute atomic E-state index is 0.253. The van der Waals surface area contributed by atoms with Crippen LogP contribution < -0.4 is 15.1 Å². The number of carbonyl (C=O) groups excluding carboxylic acids is 3. The molecule has 43 heavy (non-hydrogen) atoms. The van der Waals surface area contributed by atoms with Crippen LogP contribution in [0.15, 0.2) is 105 Å². The molecule has 3 unspecified atom stereocenters. The molecule has 3 heterocycles. The molecule has 1 aromatic heterocycles. The number of nitrogens with zero attached hydrogens (tertiary/aromatic N) is 2. The summed E-state index contributed by atoms with van der Waals surface area (Å²) in [6.07, 6.45) is 0. The molecule has 2 aliphatic rings. The van der Waals surface area contributed by atoms with Crippen molar-refractivity contribution >= 4 is 78.9 Å². The van der Waals surface area contributed by atoms with Crippen molar-refractivity contribution in [1.82, 2.24) is 4.57 Å². The van der Waals surface area contributed by atoms with E-state index in [1.165, 1.54) is 28.8 Å². The molecule has 7 nitrogen and oxygen atoms in total. The number of thioether (sulfide) groups is 1. The molecular weight excluding hydrogens is 653 g/mol. The fourth-order valence-corrected chi connectivity index (χ4v) is 8.96. The zero-order valence-corrected chi connectivity index (χ0v) is 25.4. The second kappa shape index (κ2) is 10.9. The summed E-state index contributed by atoms with van der Waals surface area (Å²) in [6.45, 7) is -0.253. The van der Waals surface area contributed by atoms with Crippen LogP contribution in [-0.4, -0.2) is 27.5 Å². The number of nitrogens with one attached hydrogen (secondary N) is 1. The van der Waals surface area contributed by atoms with Gasteiger partial charge in [-0.3, -0.25) is 23.7 Å². The summed E-state index contributed by atoms with van der Waals surface area (Å²) in [5.41, 5.74) is 1.66. The Morgan fingerprint density at radius 3 is 2.42 bits per heavy atom. The highest BCUT2D eigenvalue weighted by molar-refractivity contribution is 9.10. The van der Waals surface area contributed by atoms with Gasteiger partial charge >= 0.3 is 4.87 Å². The smallest absolute Gasteiger partial charge is 0.308 e. The lowest BCUT2D eigenvalue weighted by atomic mass is 9.83. The fraction of sp³-hybridized carbons (Fsp3) is 0.125. The van der Waals surface area contributed by atoms with E-state index in [1.54, 1.807) is 0 Å². The van der Waals surface area contributed by atoms with Crippen molar-refractivity contribution in [2.24, 2.45) is 5.92 Å². The number of halogens is 2. The summed E-state index contributed by atoms with van der Waals surface area (Å²) >= 11 is 5.63. The Morgan fingerprint density at radius 2 is 1.65 bits per heavy atom. The van der Waals surface area contributed by atoms with E-state index < -0.39 is 34.7 Å². The molecule has 0 aliphatic carbocycles. The first-order valence-electron chi connectivity index (χ1n) is 13.4. The predicted molar refractivity (Wildman–Crippen MR) is 169 cm³/mol. The quantitative estimate of drug-likeness (QED) is 0.218. The van der Waals surface area contributed by atoms with Crippen LogP contribution in [-0.2, 0) is 20.9 Å². The van der Waals surface area contributed by atoms with E-state index >= 15 is 0 Å². The highest BCUT2D eigenvalue weighted by Gasteiger charge is 2.56. The zero-order valence-electron chi connectivity index (χ0n) is 22.2. The molecule has 3 amide bonds. The number of rotatable bonds is 5. The highest BCUT2D eigenvalue weighted by Crippen LogP contribution is 2.54. The van der Waals surface area contributed by atoms with Gasteiger partial charge in [-0.15, -0.1) is 0 Å². The summed E-state index contributed by atoms with van der Waals surface area (Å²) < 4.78 is 15.8. The lowest BCUT2D eigenvalue weighted by Gasteiger charge is -2.30. The Balaban J connectivity index is 1.26. The van der Waals surface area contributed by atoms with Crippen molar-refractivity contribution in [3.05, 3.63) is 121 Å². The Labute approximate surface area is 261 Å². The second-order valence-corrected chi connectivity index (χ2v) is 13.4. The van der Waals surface area contributed by atoms with Crippen LogP contribution in [0.4, 0.5) is 15.8 Å². The third kappa shape index (κ3) is 4.91. The minimum atomic E-state index is -0.835. The molecule has 1 saturated heterocycles. The molecule has 5 aromatic rings. The van der Waals surface area contributed by atoms with Gasteiger partial charge in [0.1, 0.15) is 17.6 Å². The van der Waals surface area contributed by atoms with Crippen molar-refractivity contribution in [3.63, 3.8) is 0 Å². The molecular formula is C32H21BrFN3O4S2. The van der Waals surface area contributed by atoms with Gasteiger partial charge in [0.2, 0.25) is 17.7 Å². The number of aromatic nitrogens is 1. The normalized spacial score (nSPS) is 19.4. The molecule has 7 rings (SSSR count). The van der Waals surface area contributed by atoms with Crippen molar-refractivity contribution < 1.29 is 18.8 Å². The maximum absolute atomic E-state index is 13.9. The van der Waals surface area contributed by atoms with Crippen LogP contribution in [0.2, 0.25) is 0 Å². The number of carbonyl (C=O) groups is 3. The van der Waals surface area contributed by atoms with E-state index in [4.69, 9.17) is 0 Å². The lowest BCUT2D eigenvalue weighted by molar-refractivity contribution is -0.122. The lowest BCUT2D eigenvalue weighted by Crippen LogP contribution is -2.33.